The third-order valence-electron chi connectivity index (χ3n) is 10.9. The number of nitrogens with two attached hydrogens (primary N) is 1. The van der Waals surface area contributed by atoms with Gasteiger partial charge in [-0.3, -0.25) is 9.59 Å². The van der Waals surface area contributed by atoms with Gasteiger partial charge in [-0.2, -0.15) is 5.26 Å². The van der Waals surface area contributed by atoms with E-state index >= 15 is 0 Å². The van der Waals surface area contributed by atoms with E-state index in [1.54, 1.807) is 13.0 Å². The van der Waals surface area contributed by atoms with Crippen LogP contribution in [-0.2, 0) is 9.59 Å². The molecule has 6 nitrogen and oxygen atoms in total. The zero-order valence-corrected chi connectivity index (χ0v) is 27.1. The van der Waals surface area contributed by atoms with Gasteiger partial charge in [0.25, 0.3) is 0 Å². The fraction of sp³-hybridized carbons (Fsp3) is 0.765. The molecule has 2 aliphatic rings. The molecule has 0 unspecified atom stereocenters. The molecule has 0 radical (unpaired) electrons. The zero-order chi connectivity index (χ0) is 30.9. The van der Waals surface area contributed by atoms with E-state index in [0.717, 1.165) is 56.9 Å². The van der Waals surface area contributed by atoms with Gasteiger partial charge in [0.15, 0.2) is 11.6 Å². The third kappa shape index (κ3) is 6.55. The van der Waals surface area contributed by atoms with Gasteiger partial charge in [-0.15, -0.1) is 0 Å². The molecule has 0 aromatic rings. The van der Waals surface area contributed by atoms with Crippen molar-refractivity contribution >= 4 is 17.6 Å². The maximum absolute atomic E-state index is 13.2. The SMILES string of the molecule is CCCC(C)(C)CC[C@@](C)(CCC(C)(C)[C@]1(C)CC[C@H]2C(C)(C)C(=O)C(C#N)=C[C@]2(C)/C1=C/C(C)=O)NC(N)=O. The van der Waals surface area contributed by atoms with Gasteiger partial charge in [-0.25, -0.2) is 4.79 Å². The Kier molecular flexibility index (Phi) is 9.68. The number of ketones is 2. The second-order valence-corrected chi connectivity index (χ2v) is 15.4. The number of allylic oxidation sites excluding steroid dienone is 4. The Bertz CT molecular complexity index is 1120. The van der Waals surface area contributed by atoms with Gasteiger partial charge in [-0.1, -0.05) is 80.4 Å². The summed E-state index contributed by atoms with van der Waals surface area (Å²) in [5.74, 6) is -0.151. The number of fused-ring (bicyclic) bond motifs is 1. The van der Waals surface area contributed by atoms with E-state index in [4.69, 9.17) is 5.73 Å². The molecule has 0 spiro atoms. The van der Waals surface area contributed by atoms with Crippen LogP contribution in [0.15, 0.2) is 23.3 Å². The molecular formula is C34H55N3O3. The molecule has 6 heteroatoms. The Hall–Kier alpha value is -2.42. The molecule has 2 amide bonds. The minimum Gasteiger partial charge on any atom is -0.352 e. The molecule has 0 heterocycles. The number of nitriles is 1. The molecular weight excluding hydrogens is 498 g/mol. The highest BCUT2D eigenvalue weighted by atomic mass is 16.2. The van der Waals surface area contributed by atoms with Crippen LogP contribution in [0.5, 0.6) is 0 Å². The molecule has 0 saturated heterocycles. The molecule has 4 atom stereocenters. The second kappa shape index (κ2) is 11.5. The number of nitrogens with zero attached hydrogens (tertiary/aromatic N) is 1. The standard InChI is InChI=1S/C34H55N3O3/c1-12-14-29(3,4)16-18-32(9,37-28(36)40)19-17-30(5,6)34(11)15-13-25-31(7,8)27(39)24(22-35)21-33(25,10)26(34)20-23(2)38/h20-21,25H,12-19H2,1-11H3,(H3,36,37,40)/b26-20-/t25-,32-,33-,34+/m0/s1. The number of carbonyl (C=O) groups is 3. The van der Waals surface area contributed by atoms with Crippen LogP contribution < -0.4 is 11.1 Å². The third-order valence-corrected chi connectivity index (χ3v) is 10.9. The molecule has 0 aromatic carbocycles. The van der Waals surface area contributed by atoms with Crippen molar-refractivity contribution in [2.45, 2.75) is 133 Å². The Labute approximate surface area is 243 Å². The van der Waals surface area contributed by atoms with E-state index in [2.05, 4.69) is 66.8 Å². The van der Waals surface area contributed by atoms with E-state index in [-0.39, 0.29) is 39.3 Å². The largest absolute Gasteiger partial charge is 0.352 e. The summed E-state index contributed by atoms with van der Waals surface area (Å²) in [4.78, 5) is 38.0. The lowest BCUT2D eigenvalue weighted by Crippen LogP contribution is -2.56. The highest BCUT2D eigenvalue weighted by Crippen LogP contribution is 2.67. The number of nitrogens with one attached hydrogen (secondary N) is 1. The van der Waals surface area contributed by atoms with Crippen LogP contribution in [0.3, 0.4) is 0 Å². The highest BCUT2D eigenvalue weighted by Gasteiger charge is 2.61. The molecule has 3 N–H and O–H groups in total. The van der Waals surface area contributed by atoms with E-state index in [0.29, 0.717) is 0 Å². The van der Waals surface area contributed by atoms with Crippen molar-refractivity contribution in [2.24, 2.45) is 38.7 Å². The Balaban J connectivity index is 2.53. The van der Waals surface area contributed by atoms with Gasteiger partial charge in [0.1, 0.15) is 6.07 Å². The quantitative estimate of drug-likeness (QED) is 0.254. The Morgan fingerprint density at radius 2 is 1.65 bits per heavy atom. The first-order valence-corrected chi connectivity index (χ1v) is 15.1. The van der Waals surface area contributed by atoms with Crippen LogP contribution >= 0.6 is 0 Å². The summed E-state index contributed by atoms with van der Waals surface area (Å²) in [6, 6.07) is 1.65. The summed E-state index contributed by atoms with van der Waals surface area (Å²) in [6.07, 6.45) is 10.9. The van der Waals surface area contributed by atoms with E-state index in [1.807, 2.05) is 19.9 Å². The number of carbonyl (C=O) groups excluding carboxylic acids is 3. The highest BCUT2D eigenvalue weighted by molar-refractivity contribution is 6.04. The Morgan fingerprint density at radius 1 is 1.07 bits per heavy atom. The molecule has 0 aliphatic heterocycles. The smallest absolute Gasteiger partial charge is 0.312 e. The first-order valence-electron chi connectivity index (χ1n) is 15.1. The van der Waals surface area contributed by atoms with Gasteiger partial charge in [0, 0.05) is 16.4 Å². The lowest BCUT2D eigenvalue weighted by molar-refractivity contribution is -0.131. The second-order valence-electron chi connectivity index (χ2n) is 15.4. The monoisotopic (exact) mass is 553 g/mol. The average Bonchev–Trinajstić information content (AvgIpc) is 2.81. The molecule has 0 bridgehead atoms. The number of primary amides is 1. The number of hydrogen-bond donors (Lipinski definition) is 2. The molecule has 40 heavy (non-hydrogen) atoms. The van der Waals surface area contributed by atoms with Gasteiger partial charge in [-0.05, 0) is 87.0 Å². The lowest BCUT2D eigenvalue weighted by Gasteiger charge is -2.61. The summed E-state index contributed by atoms with van der Waals surface area (Å²) in [5, 5.41) is 12.9. The first kappa shape index (κ1) is 33.8. The summed E-state index contributed by atoms with van der Waals surface area (Å²) in [5.41, 5.74) is 4.65. The van der Waals surface area contributed by atoms with E-state index in [1.165, 1.54) is 0 Å². The zero-order valence-electron chi connectivity index (χ0n) is 27.1. The van der Waals surface area contributed by atoms with Gasteiger partial charge >= 0.3 is 6.03 Å². The van der Waals surface area contributed by atoms with Crippen molar-refractivity contribution in [3.8, 4) is 6.07 Å². The topological polar surface area (TPSA) is 113 Å². The van der Waals surface area contributed by atoms with Crippen LogP contribution in [0.25, 0.3) is 0 Å². The first-order chi connectivity index (χ1) is 18.1. The van der Waals surface area contributed by atoms with Crippen molar-refractivity contribution in [3.05, 3.63) is 23.3 Å². The minimum atomic E-state index is -0.703. The van der Waals surface area contributed by atoms with Crippen molar-refractivity contribution in [2.75, 3.05) is 0 Å². The Morgan fingerprint density at radius 3 is 2.15 bits per heavy atom. The van der Waals surface area contributed by atoms with Crippen LogP contribution in [0.2, 0.25) is 0 Å². The number of hydrogen-bond acceptors (Lipinski definition) is 4. The fourth-order valence-electron chi connectivity index (χ4n) is 7.94. The molecule has 0 aromatic heterocycles. The van der Waals surface area contributed by atoms with Crippen LogP contribution in [-0.4, -0.2) is 23.1 Å². The van der Waals surface area contributed by atoms with E-state index in [9.17, 15) is 19.6 Å². The predicted octanol–water partition coefficient (Wildman–Crippen LogP) is 7.82. The number of rotatable bonds is 11. The molecule has 2 aliphatic carbocycles. The minimum absolute atomic E-state index is 0.0123. The maximum Gasteiger partial charge on any atom is 0.312 e. The number of urea groups is 1. The van der Waals surface area contributed by atoms with Gasteiger partial charge in [0.05, 0.1) is 5.57 Å². The van der Waals surface area contributed by atoms with Crippen LogP contribution in [0.1, 0.15) is 128 Å². The summed E-state index contributed by atoms with van der Waals surface area (Å²) >= 11 is 0. The molecule has 224 valence electrons. The van der Waals surface area contributed by atoms with Crippen LogP contribution in [0.4, 0.5) is 4.79 Å². The van der Waals surface area contributed by atoms with Crippen molar-refractivity contribution < 1.29 is 14.4 Å². The van der Waals surface area contributed by atoms with Crippen molar-refractivity contribution in [3.63, 3.8) is 0 Å². The molecule has 2 rings (SSSR count). The number of amides is 2. The molecule has 1 saturated carbocycles. The van der Waals surface area contributed by atoms with Gasteiger partial charge in [0.2, 0.25) is 0 Å². The maximum atomic E-state index is 13.2. The number of Topliss-reactive ketones (excluding diaryl/α,β-unsaturated/α-hetero) is 1. The molecule has 1 fully saturated rings. The summed E-state index contributed by atoms with van der Waals surface area (Å²) in [7, 11) is 0. The average molecular weight is 554 g/mol. The normalized spacial score (nSPS) is 29.1. The van der Waals surface area contributed by atoms with E-state index < -0.39 is 22.4 Å². The summed E-state index contributed by atoms with van der Waals surface area (Å²) in [6.45, 7) is 23.2. The fourth-order valence-corrected chi connectivity index (χ4v) is 7.94. The van der Waals surface area contributed by atoms with Crippen molar-refractivity contribution in [1.29, 1.82) is 5.26 Å². The van der Waals surface area contributed by atoms with Gasteiger partial charge < -0.3 is 11.1 Å². The predicted molar refractivity (Wildman–Crippen MR) is 162 cm³/mol. The van der Waals surface area contributed by atoms with Crippen LogP contribution in [0, 0.1) is 44.3 Å². The lowest BCUT2D eigenvalue weighted by atomic mass is 9.42. The summed E-state index contributed by atoms with van der Waals surface area (Å²) < 4.78 is 0. The van der Waals surface area contributed by atoms with Crippen molar-refractivity contribution in [1.82, 2.24) is 5.32 Å².